The number of nitrogens with one attached hydrogen (secondary N) is 1. The van der Waals surface area contributed by atoms with Crippen LogP contribution in [0.2, 0.25) is 5.02 Å². The van der Waals surface area contributed by atoms with Gasteiger partial charge in [0.15, 0.2) is 15.8 Å². The minimum absolute atomic E-state index is 0.163. The summed E-state index contributed by atoms with van der Waals surface area (Å²) in [4.78, 5) is 4.18. The average molecular weight is 346 g/mol. The van der Waals surface area contributed by atoms with Gasteiger partial charge in [-0.15, -0.1) is 0 Å². The van der Waals surface area contributed by atoms with Crippen LogP contribution in [-0.2, 0) is 9.84 Å². The van der Waals surface area contributed by atoms with Gasteiger partial charge in [-0.05, 0) is 31.0 Å². The van der Waals surface area contributed by atoms with E-state index in [0.29, 0.717) is 29.3 Å². The van der Waals surface area contributed by atoms with Gasteiger partial charge < -0.3 is 15.8 Å². The van der Waals surface area contributed by atoms with Gasteiger partial charge in [-0.2, -0.15) is 0 Å². The van der Waals surface area contributed by atoms with Crippen LogP contribution in [0, 0.1) is 0 Å². The molecule has 1 saturated carbocycles. The first-order valence-electron chi connectivity index (χ1n) is 6.87. The number of anilines is 1. The molecule has 3 N–H and O–H groups in total. The highest BCUT2D eigenvalue weighted by molar-refractivity contribution is 7.92. The molecule has 1 aromatic carbocycles. The van der Waals surface area contributed by atoms with Crippen molar-refractivity contribution >= 4 is 33.1 Å². The molecule has 6 nitrogen and oxygen atoms in total. The number of aliphatic imine (C=N–C) groups is 1. The first-order valence-corrected chi connectivity index (χ1v) is 9.14. The Kier molecular flexibility index (Phi) is 4.87. The molecular weight excluding hydrogens is 326 g/mol. The summed E-state index contributed by atoms with van der Waals surface area (Å²) < 4.78 is 28.0. The zero-order chi connectivity index (χ0) is 16.4. The van der Waals surface area contributed by atoms with Crippen molar-refractivity contribution in [1.29, 1.82) is 0 Å². The van der Waals surface area contributed by atoms with Crippen LogP contribution in [0.5, 0.6) is 5.75 Å². The highest BCUT2D eigenvalue weighted by atomic mass is 35.5. The number of benzene rings is 1. The fourth-order valence-electron chi connectivity index (χ4n) is 2.38. The molecule has 0 atom stereocenters. The van der Waals surface area contributed by atoms with Crippen LogP contribution < -0.4 is 15.8 Å². The van der Waals surface area contributed by atoms with Crippen molar-refractivity contribution in [3.8, 4) is 5.75 Å². The predicted octanol–water partition coefficient (Wildman–Crippen LogP) is 2.04. The van der Waals surface area contributed by atoms with Crippen molar-refractivity contribution in [2.24, 2.45) is 10.7 Å². The fourth-order valence-corrected chi connectivity index (χ4v) is 3.97. The molecule has 1 aromatic rings. The Morgan fingerprint density at radius 1 is 1.50 bits per heavy atom. The lowest BCUT2D eigenvalue weighted by atomic mass is 9.84. The Balaban J connectivity index is 2.06. The van der Waals surface area contributed by atoms with Gasteiger partial charge in [0.2, 0.25) is 0 Å². The van der Waals surface area contributed by atoms with Crippen molar-refractivity contribution < 1.29 is 13.2 Å². The molecule has 2 rings (SSSR count). The van der Waals surface area contributed by atoms with Crippen molar-refractivity contribution in [2.45, 2.75) is 24.0 Å². The molecule has 0 aliphatic heterocycles. The standard InChI is InChI=1S/C14H20ClN3O3S/c1-21-12-5-4-10(8-11(12)15)18-13(16)17-9-14(6-3-7-14)22(2,19)20/h4-5,8H,3,6-7,9H2,1-2H3,(H3,16,17,18). The number of methoxy groups -OCH3 is 1. The molecule has 0 heterocycles. The van der Waals surface area contributed by atoms with Crippen LogP contribution >= 0.6 is 11.6 Å². The lowest BCUT2D eigenvalue weighted by molar-refractivity contribution is 0.347. The second-order valence-electron chi connectivity index (χ2n) is 5.48. The van der Waals surface area contributed by atoms with E-state index in [1.807, 2.05) is 0 Å². The van der Waals surface area contributed by atoms with E-state index >= 15 is 0 Å². The number of hydrogen-bond donors (Lipinski definition) is 2. The first-order chi connectivity index (χ1) is 10.3. The summed E-state index contributed by atoms with van der Waals surface area (Å²) in [5.74, 6) is 0.726. The molecule has 22 heavy (non-hydrogen) atoms. The summed E-state index contributed by atoms with van der Waals surface area (Å²) in [5.41, 5.74) is 6.49. The van der Waals surface area contributed by atoms with Gasteiger partial charge in [0.05, 0.1) is 23.4 Å². The van der Waals surface area contributed by atoms with E-state index in [9.17, 15) is 8.42 Å². The number of halogens is 1. The summed E-state index contributed by atoms with van der Waals surface area (Å²) in [6.07, 6.45) is 3.44. The van der Waals surface area contributed by atoms with Crippen LogP contribution in [0.3, 0.4) is 0 Å². The molecule has 122 valence electrons. The van der Waals surface area contributed by atoms with E-state index in [1.165, 1.54) is 13.4 Å². The Morgan fingerprint density at radius 2 is 2.18 bits per heavy atom. The summed E-state index contributed by atoms with van der Waals surface area (Å²) in [6.45, 7) is 0.175. The van der Waals surface area contributed by atoms with Crippen LogP contribution in [0.1, 0.15) is 19.3 Å². The summed E-state index contributed by atoms with van der Waals surface area (Å²) in [5, 5.41) is 3.35. The maximum absolute atomic E-state index is 11.9. The quantitative estimate of drug-likeness (QED) is 0.629. The highest BCUT2D eigenvalue weighted by Gasteiger charge is 2.46. The lowest BCUT2D eigenvalue weighted by Crippen LogP contribution is -2.48. The van der Waals surface area contributed by atoms with Crippen molar-refractivity contribution in [2.75, 3.05) is 25.2 Å². The van der Waals surface area contributed by atoms with E-state index in [1.54, 1.807) is 18.2 Å². The van der Waals surface area contributed by atoms with E-state index < -0.39 is 14.6 Å². The minimum atomic E-state index is -3.14. The molecule has 0 radical (unpaired) electrons. The summed E-state index contributed by atoms with van der Waals surface area (Å²) >= 11 is 6.03. The van der Waals surface area contributed by atoms with Crippen LogP contribution in [0.4, 0.5) is 5.69 Å². The van der Waals surface area contributed by atoms with E-state index in [2.05, 4.69) is 10.3 Å². The Hall–Kier alpha value is -1.47. The monoisotopic (exact) mass is 345 g/mol. The third kappa shape index (κ3) is 3.47. The highest BCUT2D eigenvalue weighted by Crippen LogP contribution is 2.39. The first kappa shape index (κ1) is 16.9. The second-order valence-corrected chi connectivity index (χ2v) is 8.30. The molecule has 1 aliphatic rings. The Bertz CT molecular complexity index is 685. The van der Waals surface area contributed by atoms with Gasteiger partial charge in [0.1, 0.15) is 5.75 Å². The van der Waals surface area contributed by atoms with E-state index in [-0.39, 0.29) is 12.5 Å². The number of rotatable bonds is 5. The molecule has 0 amide bonds. The van der Waals surface area contributed by atoms with Crippen molar-refractivity contribution in [1.82, 2.24) is 0 Å². The molecule has 1 aliphatic carbocycles. The summed E-state index contributed by atoms with van der Waals surface area (Å²) in [7, 11) is -1.60. The normalized spacial score (nSPS) is 17.7. The fraction of sp³-hybridized carbons (Fsp3) is 0.500. The number of ether oxygens (including phenoxy) is 1. The molecule has 0 bridgehead atoms. The minimum Gasteiger partial charge on any atom is -0.495 e. The van der Waals surface area contributed by atoms with Gasteiger partial charge in [0, 0.05) is 11.9 Å². The second kappa shape index (κ2) is 6.34. The molecule has 1 fully saturated rings. The maximum atomic E-state index is 11.9. The zero-order valence-electron chi connectivity index (χ0n) is 12.6. The third-order valence-corrected chi connectivity index (χ3v) is 6.42. The average Bonchev–Trinajstić information content (AvgIpc) is 2.35. The number of nitrogens with two attached hydrogens (primary N) is 1. The van der Waals surface area contributed by atoms with Gasteiger partial charge in [-0.3, -0.25) is 4.99 Å². The van der Waals surface area contributed by atoms with E-state index in [4.69, 9.17) is 22.1 Å². The SMILES string of the molecule is COc1ccc(NC(N)=NCC2(S(C)(=O)=O)CCC2)cc1Cl. The topological polar surface area (TPSA) is 93.8 Å². The zero-order valence-corrected chi connectivity index (χ0v) is 14.2. The van der Waals surface area contributed by atoms with Crippen molar-refractivity contribution in [3.63, 3.8) is 0 Å². The van der Waals surface area contributed by atoms with Gasteiger partial charge in [-0.1, -0.05) is 18.0 Å². The van der Waals surface area contributed by atoms with Crippen LogP contribution in [-0.4, -0.2) is 39.0 Å². The number of nitrogens with zero attached hydrogens (tertiary/aromatic N) is 1. The maximum Gasteiger partial charge on any atom is 0.193 e. The summed E-state index contributed by atoms with van der Waals surface area (Å²) in [6, 6.07) is 5.13. The smallest absolute Gasteiger partial charge is 0.193 e. The molecule has 0 aromatic heterocycles. The van der Waals surface area contributed by atoms with Gasteiger partial charge >= 0.3 is 0 Å². The van der Waals surface area contributed by atoms with Gasteiger partial charge in [-0.25, -0.2) is 8.42 Å². The van der Waals surface area contributed by atoms with Gasteiger partial charge in [0.25, 0.3) is 0 Å². The Labute approximate surface area is 135 Å². The predicted molar refractivity (Wildman–Crippen MR) is 89.5 cm³/mol. The molecular formula is C14H20ClN3O3S. The third-order valence-electron chi connectivity index (χ3n) is 4.01. The molecule has 0 unspecified atom stereocenters. The number of guanidine groups is 1. The van der Waals surface area contributed by atoms with Crippen molar-refractivity contribution in [3.05, 3.63) is 23.2 Å². The lowest BCUT2D eigenvalue weighted by Gasteiger charge is -2.38. The molecule has 0 spiro atoms. The Morgan fingerprint density at radius 3 is 2.64 bits per heavy atom. The molecule has 8 heteroatoms. The number of hydrogen-bond acceptors (Lipinski definition) is 4. The van der Waals surface area contributed by atoms with Crippen LogP contribution in [0.25, 0.3) is 0 Å². The largest absolute Gasteiger partial charge is 0.495 e. The molecule has 0 saturated heterocycles. The number of sulfone groups is 1. The van der Waals surface area contributed by atoms with Crippen LogP contribution in [0.15, 0.2) is 23.2 Å². The van der Waals surface area contributed by atoms with E-state index in [0.717, 1.165) is 6.42 Å².